The normalized spacial score (nSPS) is 20.2. The Morgan fingerprint density at radius 3 is 2.62 bits per heavy atom. The highest BCUT2D eigenvalue weighted by atomic mass is 19.1. The van der Waals surface area contributed by atoms with E-state index in [0.29, 0.717) is 48.0 Å². The quantitative estimate of drug-likeness (QED) is 0.254. The van der Waals surface area contributed by atoms with Gasteiger partial charge in [0.1, 0.15) is 24.2 Å². The van der Waals surface area contributed by atoms with Crippen molar-refractivity contribution in [3.05, 3.63) is 108 Å². The van der Waals surface area contributed by atoms with Crippen molar-refractivity contribution < 1.29 is 23.5 Å². The average Bonchev–Trinajstić information content (AvgIpc) is 3.58. The summed E-state index contributed by atoms with van der Waals surface area (Å²) in [6.45, 7) is 8.85. The molecule has 2 aliphatic rings. The first-order valence-corrected chi connectivity index (χ1v) is 15.9. The van der Waals surface area contributed by atoms with Crippen LogP contribution in [0.3, 0.4) is 0 Å². The number of hydrogen-bond acceptors (Lipinski definition) is 8. The Hall–Kier alpha value is -5.14. The maximum atomic E-state index is 14.2. The maximum absolute atomic E-state index is 14.2. The van der Waals surface area contributed by atoms with Crippen LogP contribution in [0.4, 0.5) is 10.1 Å². The number of morpholine rings is 1. The van der Waals surface area contributed by atoms with Gasteiger partial charge in [0.2, 0.25) is 5.91 Å². The highest BCUT2D eigenvalue weighted by Gasteiger charge is 2.45. The molecule has 12 nitrogen and oxygen atoms in total. The molecular formula is C35H41FN8O4. The Bertz CT molecular complexity index is 1680. The second kappa shape index (κ2) is 16.1. The molecule has 2 fully saturated rings. The highest BCUT2D eigenvalue weighted by molar-refractivity contribution is 6.15. The highest BCUT2D eigenvalue weighted by Crippen LogP contribution is 2.36. The number of para-hydroxylation sites is 1. The van der Waals surface area contributed by atoms with Gasteiger partial charge < -0.3 is 21.1 Å². The van der Waals surface area contributed by atoms with Crippen molar-refractivity contribution in [2.75, 3.05) is 46.1 Å². The lowest BCUT2D eigenvalue weighted by Crippen LogP contribution is -2.59. The summed E-state index contributed by atoms with van der Waals surface area (Å²) >= 11 is 0. The number of aromatic nitrogens is 2. The van der Waals surface area contributed by atoms with Gasteiger partial charge in [0, 0.05) is 62.2 Å². The number of amides is 3. The van der Waals surface area contributed by atoms with Crippen molar-refractivity contribution in [2.45, 2.75) is 32.0 Å². The lowest BCUT2D eigenvalue weighted by molar-refractivity contribution is -0.130. The largest absolute Gasteiger partial charge is 0.404 e. The van der Waals surface area contributed by atoms with Crippen LogP contribution in [0.25, 0.3) is 0 Å². The second-order valence-electron chi connectivity index (χ2n) is 11.5. The molecule has 3 aromatic rings. The van der Waals surface area contributed by atoms with Gasteiger partial charge in [-0.15, -0.1) is 0 Å². The summed E-state index contributed by atoms with van der Waals surface area (Å²) in [5.41, 5.74) is 9.43. The third-order valence-corrected chi connectivity index (χ3v) is 8.28. The Balaban J connectivity index is 1.45. The predicted octanol–water partition coefficient (Wildman–Crippen LogP) is 2.67. The molecule has 3 heterocycles. The summed E-state index contributed by atoms with van der Waals surface area (Å²) in [7, 11) is 0. The zero-order valence-electron chi connectivity index (χ0n) is 27.0. The fraction of sp³-hybridized carbons (Fsp3) is 0.343. The molecule has 0 bridgehead atoms. The van der Waals surface area contributed by atoms with E-state index in [1.54, 1.807) is 0 Å². The van der Waals surface area contributed by atoms with Crippen LogP contribution in [0.1, 0.15) is 34.5 Å². The summed E-state index contributed by atoms with van der Waals surface area (Å²) in [5.74, 6) is -1.59. The summed E-state index contributed by atoms with van der Waals surface area (Å²) in [4.78, 5) is 49.1. The lowest BCUT2D eigenvalue weighted by atomic mass is 9.79. The van der Waals surface area contributed by atoms with E-state index < -0.39 is 24.5 Å². The zero-order chi connectivity index (χ0) is 34.0. The third kappa shape index (κ3) is 8.04. The molecule has 2 atom stereocenters. The van der Waals surface area contributed by atoms with E-state index in [9.17, 15) is 18.8 Å². The number of ether oxygens (including phenoxy) is 1. The molecule has 13 heteroatoms. The van der Waals surface area contributed by atoms with Crippen molar-refractivity contribution >= 4 is 29.2 Å². The Morgan fingerprint density at radius 1 is 1.15 bits per heavy atom. The molecule has 3 amide bonds. The minimum atomic E-state index is -1.08. The lowest BCUT2D eigenvalue weighted by Gasteiger charge is -2.40. The van der Waals surface area contributed by atoms with E-state index >= 15 is 0 Å². The van der Waals surface area contributed by atoms with E-state index in [0.717, 1.165) is 18.7 Å². The maximum Gasteiger partial charge on any atom is 0.272 e. The summed E-state index contributed by atoms with van der Waals surface area (Å²) < 4.78 is 19.6. The molecule has 5 rings (SSSR count). The average molecular weight is 657 g/mol. The standard InChI is InChI=1S/C35H41FN8O4/c1-3-44-32(39-27-10-5-4-6-11-27)28(21-37)30(31(35(44)47)40-34(46)29-12-14-43(41-29)15-13-36)26-9-7-8-25(20-26)22-38-33(45)24(2)23-42-16-18-48-19-17-42/h4-12,14,20-21,30-31H,2-3,13,15-19,22-23,37H2,1H3,(H,38,45)(H,40,46)/b28-21-,39-32?/t30-,31+/m1/s1. The van der Waals surface area contributed by atoms with Crippen molar-refractivity contribution in [1.82, 2.24) is 30.2 Å². The summed E-state index contributed by atoms with van der Waals surface area (Å²) in [6, 6.07) is 17.0. The van der Waals surface area contributed by atoms with Crippen LogP contribution in [0.5, 0.6) is 0 Å². The molecule has 48 heavy (non-hydrogen) atoms. The van der Waals surface area contributed by atoms with Crippen LogP contribution in [0.15, 0.2) is 95.8 Å². The molecule has 0 spiro atoms. The SMILES string of the molecule is C=C(CN1CCOCC1)C(=O)NCc1cccc([C@@H]2/C(=C/N)C(=Nc3ccccc3)N(CC)C(=O)[C@H]2NC(=O)c2ccn(CCF)n2)c1. The van der Waals surface area contributed by atoms with Gasteiger partial charge in [0.25, 0.3) is 11.8 Å². The van der Waals surface area contributed by atoms with Crippen LogP contribution < -0.4 is 16.4 Å². The number of hydrogen-bond donors (Lipinski definition) is 3. The number of likely N-dealkylation sites (N-methyl/N-ethyl adjacent to an activating group) is 1. The fourth-order valence-electron chi connectivity index (χ4n) is 5.85. The molecule has 0 unspecified atom stereocenters. The molecule has 2 aromatic carbocycles. The van der Waals surface area contributed by atoms with Gasteiger partial charge in [0.15, 0.2) is 0 Å². The van der Waals surface area contributed by atoms with E-state index in [1.807, 2.05) is 61.5 Å². The van der Waals surface area contributed by atoms with Gasteiger partial charge in [-0.2, -0.15) is 5.10 Å². The Morgan fingerprint density at radius 2 is 1.92 bits per heavy atom. The first kappa shape index (κ1) is 34.2. The molecule has 0 aliphatic carbocycles. The van der Waals surface area contributed by atoms with Crippen molar-refractivity contribution in [3.63, 3.8) is 0 Å². The van der Waals surface area contributed by atoms with Crippen molar-refractivity contribution in [3.8, 4) is 0 Å². The number of rotatable bonds is 12. The monoisotopic (exact) mass is 656 g/mol. The van der Waals surface area contributed by atoms with Gasteiger partial charge in [-0.3, -0.25) is 28.9 Å². The number of piperidine rings is 1. The number of aryl methyl sites for hydroxylation is 1. The molecule has 0 radical (unpaired) electrons. The van der Waals surface area contributed by atoms with Crippen molar-refractivity contribution in [1.29, 1.82) is 0 Å². The number of nitrogens with two attached hydrogens (primary N) is 1. The van der Waals surface area contributed by atoms with Gasteiger partial charge in [-0.1, -0.05) is 49.0 Å². The molecular weight excluding hydrogens is 615 g/mol. The van der Waals surface area contributed by atoms with Crippen LogP contribution in [-0.2, 0) is 27.4 Å². The first-order valence-electron chi connectivity index (χ1n) is 15.9. The number of nitrogens with zero attached hydrogens (tertiary/aromatic N) is 5. The number of amidine groups is 1. The number of carbonyl (C=O) groups is 3. The number of likely N-dealkylation sites (tertiary alicyclic amines) is 1. The minimum Gasteiger partial charge on any atom is -0.404 e. The minimum absolute atomic E-state index is 0.00510. The third-order valence-electron chi connectivity index (χ3n) is 8.28. The van der Waals surface area contributed by atoms with Gasteiger partial charge in [-0.05, 0) is 36.2 Å². The molecule has 252 valence electrons. The van der Waals surface area contributed by atoms with Crippen molar-refractivity contribution in [2.24, 2.45) is 10.7 Å². The van der Waals surface area contributed by atoms with E-state index in [1.165, 1.54) is 28.0 Å². The molecule has 0 saturated carbocycles. The zero-order valence-corrected chi connectivity index (χ0v) is 27.0. The smallest absolute Gasteiger partial charge is 0.272 e. The predicted molar refractivity (Wildman–Crippen MR) is 180 cm³/mol. The fourth-order valence-corrected chi connectivity index (χ4v) is 5.85. The van der Waals surface area contributed by atoms with Crippen LogP contribution in [-0.4, -0.2) is 95.2 Å². The summed E-state index contributed by atoms with van der Waals surface area (Å²) in [5, 5.41) is 9.99. The number of aliphatic imine (C=N–C) groups is 1. The van der Waals surface area contributed by atoms with Crippen LogP contribution in [0, 0.1) is 0 Å². The topological polar surface area (TPSA) is 147 Å². The number of benzene rings is 2. The van der Waals surface area contributed by atoms with E-state index in [2.05, 4.69) is 27.2 Å². The van der Waals surface area contributed by atoms with Crippen LogP contribution >= 0.6 is 0 Å². The second-order valence-corrected chi connectivity index (χ2v) is 11.5. The molecule has 2 aliphatic heterocycles. The number of carbonyl (C=O) groups excluding carboxylic acids is 3. The molecule has 2 saturated heterocycles. The molecule has 1 aromatic heterocycles. The van der Waals surface area contributed by atoms with Gasteiger partial charge >= 0.3 is 0 Å². The number of halogens is 1. The van der Waals surface area contributed by atoms with Gasteiger partial charge in [-0.25, -0.2) is 9.38 Å². The van der Waals surface area contributed by atoms with E-state index in [4.69, 9.17) is 15.5 Å². The first-order chi connectivity index (χ1) is 23.3. The number of alkyl halides is 1. The summed E-state index contributed by atoms with van der Waals surface area (Å²) in [6.07, 6.45) is 2.93. The molecule has 4 N–H and O–H groups in total. The Kier molecular flexibility index (Phi) is 11.5. The van der Waals surface area contributed by atoms with Crippen LogP contribution in [0.2, 0.25) is 0 Å². The van der Waals surface area contributed by atoms with Gasteiger partial charge in [0.05, 0.1) is 25.4 Å². The Labute approximate surface area is 279 Å². The number of nitrogens with one attached hydrogen (secondary N) is 2. The van der Waals surface area contributed by atoms with E-state index in [-0.39, 0.29) is 37.1 Å².